The zero-order chi connectivity index (χ0) is 34.4. The maximum atomic E-state index is 13.3. The lowest BCUT2D eigenvalue weighted by Crippen LogP contribution is -2.70. The minimum Gasteiger partial charge on any atom is -0.346 e. The van der Waals surface area contributed by atoms with E-state index in [9.17, 15) is 4.57 Å². The zero-order valence-electron chi connectivity index (χ0n) is 30.8. The van der Waals surface area contributed by atoms with E-state index < -0.39 is 43.0 Å². The fourth-order valence-corrected chi connectivity index (χ4v) is 12.7. The Hall–Kier alpha value is -0.170. The van der Waals surface area contributed by atoms with Crippen LogP contribution in [-0.4, -0.2) is 67.4 Å². The molecule has 16 atom stereocenters. The molecule has 0 radical (unpaired) electrons. The molecule has 8 aliphatic heterocycles. The summed E-state index contributed by atoms with van der Waals surface area (Å²) in [6, 6.07) is 0. The Kier molecular flexibility index (Phi) is 9.51. The Balaban J connectivity index is 0.809. The second kappa shape index (κ2) is 13.0. The first-order chi connectivity index (χ1) is 23.3. The Morgan fingerprint density at radius 1 is 0.612 bits per heavy atom. The van der Waals surface area contributed by atoms with Gasteiger partial charge in [0.25, 0.3) is 0 Å². The van der Waals surface area contributed by atoms with Gasteiger partial charge in [0.2, 0.25) is 11.6 Å². The molecule has 49 heavy (non-hydrogen) atoms. The summed E-state index contributed by atoms with van der Waals surface area (Å²) in [5, 5.41) is 0. The summed E-state index contributed by atoms with van der Waals surface area (Å²) in [5.41, 5.74) is -1.09. The highest BCUT2D eigenvalue weighted by Crippen LogP contribution is 2.62. The fourth-order valence-electron chi connectivity index (χ4n) is 11.7. The van der Waals surface area contributed by atoms with Crippen LogP contribution in [0.25, 0.3) is 0 Å². The lowest BCUT2D eigenvalue weighted by molar-refractivity contribution is -0.571. The molecule has 10 fully saturated rings. The van der Waals surface area contributed by atoms with E-state index in [0.29, 0.717) is 48.7 Å². The van der Waals surface area contributed by atoms with Crippen LogP contribution in [0.3, 0.4) is 0 Å². The van der Waals surface area contributed by atoms with Crippen LogP contribution in [-0.2, 0) is 52.1 Å². The molecule has 4 bridgehead atoms. The summed E-state index contributed by atoms with van der Waals surface area (Å²) in [6.45, 7) is 15.4. The minimum atomic E-state index is -3.21. The summed E-state index contributed by atoms with van der Waals surface area (Å²) < 4.78 is 51.4. The van der Waals surface area contributed by atoms with Gasteiger partial charge in [-0.25, -0.2) is 19.6 Å². The summed E-state index contributed by atoms with van der Waals surface area (Å²) in [4.78, 5) is 24.5. The van der Waals surface area contributed by atoms with E-state index in [4.69, 9.17) is 47.5 Å². The molecular formula is C37H61O11P. The highest BCUT2D eigenvalue weighted by atomic mass is 31.2. The number of rotatable bonds is 10. The molecule has 0 unspecified atom stereocenters. The molecule has 0 aromatic heterocycles. The van der Waals surface area contributed by atoms with Crippen LogP contribution < -0.4 is 0 Å². The molecule has 8 saturated heterocycles. The van der Waals surface area contributed by atoms with Gasteiger partial charge in [0.05, 0.1) is 25.4 Å². The lowest BCUT2D eigenvalue weighted by atomic mass is 9.57. The Labute approximate surface area is 292 Å². The largest absolute Gasteiger partial charge is 0.346 e. The van der Waals surface area contributed by atoms with E-state index in [0.717, 1.165) is 64.2 Å². The second-order valence-electron chi connectivity index (χ2n) is 17.6. The summed E-state index contributed by atoms with van der Waals surface area (Å²) >= 11 is 0. The van der Waals surface area contributed by atoms with Gasteiger partial charge >= 0.3 is 7.60 Å². The maximum absolute atomic E-state index is 13.3. The van der Waals surface area contributed by atoms with Gasteiger partial charge in [-0.05, 0) is 114 Å². The normalized spacial score (nSPS) is 54.3. The smallest absolute Gasteiger partial charge is 0.327 e. The first kappa shape index (κ1) is 35.8. The van der Waals surface area contributed by atoms with Gasteiger partial charge in [-0.2, -0.15) is 0 Å². The van der Waals surface area contributed by atoms with Crippen molar-refractivity contribution in [3.05, 3.63) is 0 Å². The predicted octanol–water partition coefficient (Wildman–Crippen LogP) is 7.90. The van der Waals surface area contributed by atoms with E-state index in [1.807, 2.05) is 13.8 Å². The van der Waals surface area contributed by atoms with Crippen molar-refractivity contribution in [1.29, 1.82) is 0 Å². The van der Waals surface area contributed by atoms with Gasteiger partial charge in [0, 0.05) is 31.3 Å². The zero-order valence-corrected chi connectivity index (χ0v) is 31.7. The van der Waals surface area contributed by atoms with Crippen LogP contribution in [0.5, 0.6) is 0 Å². The molecule has 8 heterocycles. The van der Waals surface area contributed by atoms with Crippen LogP contribution in [0.15, 0.2) is 0 Å². The summed E-state index contributed by atoms with van der Waals surface area (Å²) in [7, 11) is -3.21. The van der Waals surface area contributed by atoms with Crippen LogP contribution in [0, 0.1) is 47.3 Å². The minimum absolute atomic E-state index is 0.00785. The SMILES string of the molecule is C[C@H]1[C@@H](CCCOP(C)(=O)OCCC[C@H]2O[C@@H]3O[C@@]4(C)CC[C@H]5[C@H](C)CC[C@@H]([C@H]2C)[C@@]35OO4)O[C@@H]2O[C@@]3(C)CC[C@H]4[C@H](C)CC[C@@H]1[C@@]24OO3. The van der Waals surface area contributed by atoms with Crippen molar-refractivity contribution in [1.82, 2.24) is 0 Å². The molecule has 10 rings (SSSR count). The van der Waals surface area contributed by atoms with Gasteiger partial charge in [0.15, 0.2) is 23.8 Å². The van der Waals surface area contributed by atoms with E-state index in [-0.39, 0.29) is 24.0 Å². The molecule has 12 heteroatoms. The van der Waals surface area contributed by atoms with Gasteiger partial charge in [0.1, 0.15) is 0 Å². The monoisotopic (exact) mass is 712 g/mol. The molecule has 11 nitrogen and oxygen atoms in total. The highest BCUT2D eigenvalue weighted by Gasteiger charge is 2.70. The van der Waals surface area contributed by atoms with Crippen molar-refractivity contribution in [3.63, 3.8) is 0 Å². The Bertz CT molecular complexity index is 1180. The molecule has 0 aromatic rings. The summed E-state index contributed by atoms with van der Waals surface area (Å²) in [5.74, 6) is 1.43. The molecule has 10 aliphatic rings. The van der Waals surface area contributed by atoms with Gasteiger partial charge in [-0.15, -0.1) is 0 Å². The fraction of sp³-hybridized carbons (Fsp3) is 1.00. The van der Waals surface area contributed by atoms with Crippen LogP contribution in [0.2, 0.25) is 0 Å². The van der Waals surface area contributed by atoms with Crippen molar-refractivity contribution >= 4 is 7.60 Å². The van der Waals surface area contributed by atoms with Crippen molar-refractivity contribution in [3.8, 4) is 0 Å². The number of ether oxygens (including phenoxy) is 4. The maximum Gasteiger partial charge on any atom is 0.327 e. The summed E-state index contributed by atoms with van der Waals surface area (Å²) in [6.07, 6.45) is 10.4. The van der Waals surface area contributed by atoms with Crippen LogP contribution >= 0.6 is 7.60 Å². The van der Waals surface area contributed by atoms with Gasteiger partial charge < -0.3 is 28.0 Å². The molecular weight excluding hydrogens is 651 g/mol. The Morgan fingerprint density at radius 2 is 1.04 bits per heavy atom. The van der Waals surface area contributed by atoms with Crippen molar-refractivity contribution in [2.75, 3.05) is 19.9 Å². The quantitative estimate of drug-likeness (QED) is 0.125. The van der Waals surface area contributed by atoms with Gasteiger partial charge in [-0.3, -0.25) is 4.57 Å². The lowest BCUT2D eigenvalue weighted by Gasteiger charge is -2.60. The second-order valence-corrected chi connectivity index (χ2v) is 19.7. The average molecular weight is 713 g/mol. The topological polar surface area (TPSA) is 109 Å². The molecule has 2 saturated carbocycles. The molecule has 280 valence electrons. The number of hydrogen-bond acceptors (Lipinski definition) is 11. The van der Waals surface area contributed by atoms with Gasteiger partial charge in [-0.1, -0.05) is 27.7 Å². The number of fused-ring (bicyclic) bond motifs is 4. The first-order valence-corrected chi connectivity index (χ1v) is 21.5. The van der Waals surface area contributed by atoms with Crippen LogP contribution in [0.1, 0.15) is 119 Å². The van der Waals surface area contributed by atoms with E-state index >= 15 is 0 Å². The van der Waals surface area contributed by atoms with Crippen molar-refractivity contribution < 1.29 is 52.1 Å². The van der Waals surface area contributed by atoms with E-state index in [1.54, 1.807) is 6.66 Å². The highest BCUT2D eigenvalue weighted by molar-refractivity contribution is 7.52. The third-order valence-corrected chi connectivity index (χ3v) is 15.8. The van der Waals surface area contributed by atoms with Crippen LogP contribution in [0.4, 0.5) is 0 Å². The molecule has 0 N–H and O–H groups in total. The molecule has 0 amide bonds. The third kappa shape index (κ3) is 5.96. The van der Waals surface area contributed by atoms with E-state index in [1.165, 1.54) is 12.8 Å². The van der Waals surface area contributed by atoms with Crippen molar-refractivity contribution in [2.45, 2.75) is 166 Å². The molecule has 2 aliphatic carbocycles. The molecule has 2 spiro atoms. The Morgan fingerprint density at radius 3 is 1.47 bits per heavy atom. The standard InChI is InChI=1S/C37H61O11P/c1-22-12-14-28-24(3)30(41-32-36(28)26(22)16-18-34(5,43-32)45-47-36)10-8-20-39-49(7,38)40-21-9-11-31-25(4)29-15-13-23(2)27-17-19-35(6)44-33(42-31)37(27,29)48-46-35/h22-33H,8-21H2,1-7H3/t22-,23-,24-,25-,26+,27+,28+,29+,30-,31-,32-,33-,34-,35-,36-,37-/m1/s1. The van der Waals surface area contributed by atoms with Crippen molar-refractivity contribution in [2.24, 2.45) is 47.3 Å². The first-order valence-electron chi connectivity index (χ1n) is 19.6. The number of hydrogen-bond donors (Lipinski definition) is 0. The van der Waals surface area contributed by atoms with E-state index in [2.05, 4.69) is 27.7 Å². The predicted molar refractivity (Wildman–Crippen MR) is 178 cm³/mol. The molecule has 0 aromatic carbocycles. The third-order valence-electron chi connectivity index (χ3n) is 14.5. The average Bonchev–Trinajstić information content (AvgIpc) is 3.43.